The smallest absolute Gasteiger partial charge is 0.0273 e. The first-order valence-corrected chi connectivity index (χ1v) is 13.2. The third kappa shape index (κ3) is 4.12. The third-order valence-corrected chi connectivity index (χ3v) is 7.31. The van der Waals surface area contributed by atoms with E-state index >= 15 is 0 Å². The molecule has 0 aliphatic heterocycles. The molecular weight excluding hydrogens is 488 g/mol. The lowest BCUT2D eigenvalue weighted by molar-refractivity contribution is 1.29. The van der Waals surface area contributed by atoms with Crippen molar-refractivity contribution in [2.24, 2.45) is 0 Å². The first-order chi connectivity index (χ1) is 19.9. The number of hydrogen-bond donors (Lipinski definition) is 0. The lowest BCUT2D eigenvalue weighted by Crippen LogP contribution is -2.21. The van der Waals surface area contributed by atoms with Crippen molar-refractivity contribution in [2.75, 3.05) is 0 Å². The van der Waals surface area contributed by atoms with Gasteiger partial charge in [-0.05, 0) is 114 Å². The Morgan fingerprint density at radius 1 is 0.300 bits per heavy atom. The van der Waals surface area contributed by atoms with E-state index < -0.39 is 0 Å². The Kier molecular flexibility index (Phi) is 6.11. The second-order valence-corrected chi connectivity index (χ2v) is 9.53. The quantitative estimate of drug-likeness (QED) is 0.269. The summed E-state index contributed by atoms with van der Waals surface area (Å²) < 4.78 is 0. The zero-order chi connectivity index (χ0) is 26.7. The average molecular weight is 513 g/mol. The van der Waals surface area contributed by atoms with Crippen molar-refractivity contribution in [1.29, 1.82) is 0 Å². The van der Waals surface area contributed by atoms with E-state index in [0.717, 1.165) is 33.4 Å². The summed E-state index contributed by atoms with van der Waals surface area (Å²) in [6, 6.07) is 34.1. The van der Waals surface area contributed by atoms with Crippen LogP contribution in [-0.2, 0) is 0 Å². The summed E-state index contributed by atoms with van der Waals surface area (Å²) in [5.41, 5.74) is 6.73. The van der Waals surface area contributed by atoms with Crippen molar-refractivity contribution < 1.29 is 0 Å². The van der Waals surface area contributed by atoms with Gasteiger partial charge in [0.25, 0.3) is 0 Å². The Hall–Kier alpha value is -5.48. The third-order valence-electron chi connectivity index (χ3n) is 7.31. The van der Waals surface area contributed by atoms with Crippen LogP contribution in [0.15, 0.2) is 147 Å². The first kappa shape index (κ1) is 23.6. The molecular formula is C36H24N4. The number of aromatic nitrogens is 4. The Morgan fingerprint density at radius 2 is 0.525 bits per heavy atom. The zero-order valence-electron chi connectivity index (χ0n) is 21.6. The molecule has 0 bridgehead atoms. The number of rotatable bonds is 4. The molecule has 0 saturated carbocycles. The zero-order valence-corrected chi connectivity index (χ0v) is 21.6. The van der Waals surface area contributed by atoms with E-state index in [2.05, 4.69) is 117 Å². The lowest BCUT2D eigenvalue weighted by atomic mass is 9.87. The highest BCUT2D eigenvalue weighted by Gasteiger charge is 2.16. The van der Waals surface area contributed by atoms with Gasteiger partial charge in [0.05, 0.1) is 0 Å². The topological polar surface area (TPSA) is 51.6 Å². The molecule has 4 heteroatoms. The first-order valence-electron chi connectivity index (χ1n) is 13.2. The van der Waals surface area contributed by atoms with Crippen molar-refractivity contribution in [1.82, 2.24) is 19.9 Å². The normalized spacial score (nSPS) is 11.0. The van der Waals surface area contributed by atoms with Gasteiger partial charge in [0.15, 0.2) is 0 Å². The van der Waals surface area contributed by atoms with Crippen molar-refractivity contribution in [3.05, 3.63) is 179 Å². The Bertz CT molecular complexity index is 1780. The molecule has 0 atom stereocenters. The standard InChI is InChI=1S/C36H24N4/c1-2-6-30-29(5-1)35(33(25-9-17-37-18-10-25)26-11-19-38-20-12-26)31-7-3-4-8-32(31)36(30)34(27-13-21-39-22-14-27)28-15-23-40-24-16-28/h1-24H. The van der Waals surface area contributed by atoms with Gasteiger partial charge in [0.2, 0.25) is 0 Å². The molecule has 0 amide bonds. The Labute approximate surface area is 231 Å². The highest BCUT2D eigenvalue weighted by molar-refractivity contribution is 6.06. The van der Waals surface area contributed by atoms with Crippen molar-refractivity contribution >= 4 is 32.7 Å². The van der Waals surface area contributed by atoms with E-state index in [9.17, 15) is 0 Å². The van der Waals surface area contributed by atoms with Crippen LogP contribution in [0.1, 0.15) is 22.3 Å². The second-order valence-electron chi connectivity index (χ2n) is 9.53. The van der Waals surface area contributed by atoms with Crippen LogP contribution in [-0.4, -0.2) is 19.9 Å². The largest absolute Gasteiger partial charge is 0.265 e. The Morgan fingerprint density at radius 3 is 0.750 bits per heavy atom. The van der Waals surface area contributed by atoms with Crippen LogP contribution >= 0.6 is 0 Å². The molecule has 40 heavy (non-hydrogen) atoms. The summed E-state index contributed by atoms with van der Waals surface area (Å²) in [6.07, 6.45) is 14.8. The molecule has 7 rings (SSSR count). The van der Waals surface area contributed by atoms with E-state index in [1.54, 1.807) is 0 Å². The van der Waals surface area contributed by atoms with Crippen molar-refractivity contribution in [3.63, 3.8) is 0 Å². The molecule has 0 radical (unpaired) electrons. The van der Waals surface area contributed by atoms with Gasteiger partial charge in [-0.15, -0.1) is 0 Å². The summed E-state index contributed by atoms with van der Waals surface area (Å²) >= 11 is 0. The highest BCUT2D eigenvalue weighted by Crippen LogP contribution is 2.27. The molecule has 7 aromatic rings. The van der Waals surface area contributed by atoms with Gasteiger partial charge in [0, 0.05) is 49.6 Å². The van der Waals surface area contributed by atoms with Crippen molar-refractivity contribution in [3.8, 4) is 0 Å². The second kappa shape index (κ2) is 10.4. The van der Waals surface area contributed by atoms with E-state index in [4.69, 9.17) is 0 Å². The number of fused-ring (bicyclic) bond motifs is 2. The number of nitrogens with zero attached hydrogens (tertiary/aromatic N) is 4. The van der Waals surface area contributed by atoms with Gasteiger partial charge in [-0.2, -0.15) is 0 Å². The maximum Gasteiger partial charge on any atom is 0.0273 e. The van der Waals surface area contributed by atoms with Gasteiger partial charge >= 0.3 is 0 Å². The number of benzene rings is 3. The van der Waals surface area contributed by atoms with Crippen LogP contribution in [0.3, 0.4) is 0 Å². The van der Waals surface area contributed by atoms with Crippen LogP contribution in [0, 0.1) is 0 Å². The van der Waals surface area contributed by atoms with Gasteiger partial charge in [-0.1, -0.05) is 48.5 Å². The minimum atomic E-state index is 1.11. The SMILES string of the molecule is c1ccc2c(=C(c3ccncc3)c3ccncc3)c3ccccc3c(=C(c3ccncc3)c3ccncc3)c2c1. The van der Waals surface area contributed by atoms with Crippen LogP contribution in [0.2, 0.25) is 0 Å². The number of hydrogen-bond acceptors (Lipinski definition) is 4. The molecule has 4 nitrogen and oxygen atoms in total. The minimum Gasteiger partial charge on any atom is -0.265 e. The molecule has 4 heterocycles. The van der Waals surface area contributed by atoms with Gasteiger partial charge in [-0.25, -0.2) is 0 Å². The van der Waals surface area contributed by atoms with E-state index in [-0.39, 0.29) is 0 Å². The summed E-state index contributed by atoms with van der Waals surface area (Å²) in [5.74, 6) is 0. The van der Waals surface area contributed by atoms with Crippen LogP contribution in [0.5, 0.6) is 0 Å². The summed E-state index contributed by atoms with van der Waals surface area (Å²) in [4.78, 5) is 17.2. The monoisotopic (exact) mass is 512 g/mol. The van der Waals surface area contributed by atoms with E-state index in [1.807, 2.05) is 49.6 Å². The summed E-state index contributed by atoms with van der Waals surface area (Å²) in [7, 11) is 0. The molecule has 188 valence electrons. The maximum atomic E-state index is 4.31. The molecule has 0 aliphatic rings. The fourth-order valence-corrected chi connectivity index (χ4v) is 5.65. The predicted molar refractivity (Wildman–Crippen MR) is 161 cm³/mol. The minimum absolute atomic E-state index is 1.11. The molecule has 0 saturated heterocycles. The van der Waals surface area contributed by atoms with Crippen molar-refractivity contribution in [2.45, 2.75) is 0 Å². The summed E-state index contributed by atoms with van der Waals surface area (Å²) in [5, 5.41) is 7.11. The van der Waals surface area contributed by atoms with E-state index in [1.165, 1.54) is 32.0 Å². The molecule has 3 aromatic carbocycles. The molecule has 0 unspecified atom stereocenters. The van der Waals surface area contributed by atoms with Gasteiger partial charge in [0.1, 0.15) is 0 Å². The van der Waals surface area contributed by atoms with Gasteiger partial charge < -0.3 is 0 Å². The lowest BCUT2D eigenvalue weighted by Gasteiger charge is -2.16. The molecule has 0 aliphatic carbocycles. The predicted octanol–water partition coefficient (Wildman–Crippen LogP) is 6.07. The number of pyridine rings is 4. The van der Waals surface area contributed by atoms with Gasteiger partial charge in [-0.3, -0.25) is 19.9 Å². The molecule has 0 spiro atoms. The molecule has 0 fully saturated rings. The molecule has 4 aromatic heterocycles. The Balaban J connectivity index is 1.81. The van der Waals surface area contributed by atoms with Crippen LogP contribution in [0.25, 0.3) is 32.7 Å². The average Bonchev–Trinajstić information content (AvgIpc) is 3.04. The van der Waals surface area contributed by atoms with Crippen LogP contribution in [0.4, 0.5) is 0 Å². The fourth-order valence-electron chi connectivity index (χ4n) is 5.65. The molecule has 0 N–H and O–H groups in total. The maximum absolute atomic E-state index is 4.31. The van der Waals surface area contributed by atoms with E-state index in [0.29, 0.717) is 0 Å². The summed E-state index contributed by atoms with van der Waals surface area (Å²) in [6.45, 7) is 0. The van der Waals surface area contributed by atoms with Crippen LogP contribution < -0.4 is 10.4 Å². The highest BCUT2D eigenvalue weighted by atomic mass is 14.6. The fraction of sp³-hybridized carbons (Fsp3) is 0.